The highest BCUT2D eigenvalue weighted by molar-refractivity contribution is 5.88. The number of carbonyl (C=O) groups is 2. The maximum atomic E-state index is 11.8. The van der Waals surface area contributed by atoms with E-state index in [-0.39, 0.29) is 12.5 Å². The van der Waals surface area contributed by atoms with Gasteiger partial charge in [-0.05, 0) is 30.5 Å². The van der Waals surface area contributed by atoms with Gasteiger partial charge in [-0.3, -0.25) is 10.2 Å². The Hall–Kier alpha value is -2.08. The van der Waals surface area contributed by atoms with Gasteiger partial charge in [0.25, 0.3) is 0 Å². The Balaban J connectivity index is 1.82. The van der Waals surface area contributed by atoms with Gasteiger partial charge in [0.15, 0.2) is 0 Å². The van der Waals surface area contributed by atoms with E-state index >= 15 is 0 Å². The predicted octanol–water partition coefficient (Wildman–Crippen LogP) is 1.84. The highest BCUT2D eigenvalue weighted by Gasteiger charge is 2.12. The number of amides is 2. The number of carbonyl (C=O) groups excluding carboxylic acids is 1. The van der Waals surface area contributed by atoms with Gasteiger partial charge in [-0.1, -0.05) is 18.6 Å². The van der Waals surface area contributed by atoms with Crippen LogP contribution in [0.3, 0.4) is 0 Å². The van der Waals surface area contributed by atoms with E-state index in [0.29, 0.717) is 11.3 Å². The van der Waals surface area contributed by atoms with Gasteiger partial charge in [0.1, 0.15) is 0 Å². The first-order chi connectivity index (χ1) is 9.63. The monoisotopic (exact) mass is 277 g/mol. The molecule has 0 unspecified atom stereocenters. The van der Waals surface area contributed by atoms with Gasteiger partial charge in [-0.15, -0.1) is 0 Å². The molecule has 0 spiro atoms. The molecule has 1 aromatic carbocycles. The summed E-state index contributed by atoms with van der Waals surface area (Å²) in [6, 6.07) is 6.54. The lowest BCUT2D eigenvalue weighted by molar-refractivity contribution is -0.136. The second-order valence-corrected chi connectivity index (χ2v) is 4.88. The number of hydrazine groups is 1. The van der Waals surface area contributed by atoms with Crippen LogP contribution in [0.1, 0.15) is 24.8 Å². The average Bonchev–Trinajstić information content (AvgIpc) is 2.41. The molecular formula is C14H19N3O3. The van der Waals surface area contributed by atoms with Crippen molar-refractivity contribution in [3.63, 3.8) is 0 Å². The molecule has 2 amide bonds. The highest BCUT2D eigenvalue weighted by Crippen LogP contribution is 2.10. The summed E-state index contributed by atoms with van der Waals surface area (Å²) in [5, 5.41) is 13.3. The molecule has 1 aromatic rings. The molecule has 1 aliphatic rings. The number of anilines is 1. The number of nitrogens with zero attached hydrogens (tertiary/aromatic N) is 1. The van der Waals surface area contributed by atoms with Crippen LogP contribution in [0.4, 0.5) is 10.5 Å². The van der Waals surface area contributed by atoms with Gasteiger partial charge in [0.2, 0.25) is 0 Å². The Kier molecular flexibility index (Phi) is 4.95. The van der Waals surface area contributed by atoms with Gasteiger partial charge in [0, 0.05) is 18.8 Å². The fourth-order valence-corrected chi connectivity index (χ4v) is 2.19. The second-order valence-electron chi connectivity index (χ2n) is 4.88. The topological polar surface area (TPSA) is 81.7 Å². The summed E-state index contributed by atoms with van der Waals surface area (Å²) in [6.07, 6.45) is 3.40. The molecule has 1 heterocycles. The fourth-order valence-electron chi connectivity index (χ4n) is 2.19. The number of nitrogens with one attached hydrogen (secondary N) is 2. The molecule has 0 bridgehead atoms. The van der Waals surface area contributed by atoms with E-state index in [1.165, 1.54) is 6.42 Å². The number of hydrogen-bond donors (Lipinski definition) is 3. The van der Waals surface area contributed by atoms with Crippen LogP contribution in [0.2, 0.25) is 0 Å². The summed E-state index contributed by atoms with van der Waals surface area (Å²) < 4.78 is 0. The van der Waals surface area contributed by atoms with Gasteiger partial charge >= 0.3 is 12.0 Å². The molecule has 1 saturated heterocycles. The summed E-state index contributed by atoms with van der Waals surface area (Å²) in [5.41, 5.74) is 4.16. The summed E-state index contributed by atoms with van der Waals surface area (Å²) in [4.78, 5) is 22.4. The van der Waals surface area contributed by atoms with Crippen molar-refractivity contribution in [2.45, 2.75) is 25.7 Å². The lowest BCUT2D eigenvalue weighted by Gasteiger charge is -2.26. The minimum atomic E-state index is -0.867. The third kappa shape index (κ3) is 4.55. The molecule has 6 nitrogen and oxygen atoms in total. The number of piperidine rings is 1. The molecule has 0 atom stereocenters. The third-order valence-corrected chi connectivity index (χ3v) is 3.18. The Morgan fingerprint density at radius 1 is 1.10 bits per heavy atom. The molecule has 0 radical (unpaired) electrons. The van der Waals surface area contributed by atoms with Crippen LogP contribution in [0.5, 0.6) is 0 Å². The molecule has 6 heteroatoms. The lowest BCUT2D eigenvalue weighted by Crippen LogP contribution is -2.46. The first-order valence-electron chi connectivity index (χ1n) is 6.77. The predicted molar refractivity (Wildman–Crippen MR) is 75.4 cm³/mol. The molecular weight excluding hydrogens is 258 g/mol. The Labute approximate surface area is 117 Å². The standard InChI is InChI=1S/C14H19N3O3/c18-13(19)10-11-4-6-12(7-5-11)15-14(20)16-17-8-2-1-3-9-17/h4-7H,1-3,8-10H2,(H,18,19)(H2,15,16,20). The van der Waals surface area contributed by atoms with E-state index in [1.807, 2.05) is 5.01 Å². The zero-order chi connectivity index (χ0) is 14.4. The van der Waals surface area contributed by atoms with Crippen LogP contribution < -0.4 is 10.7 Å². The maximum absolute atomic E-state index is 11.8. The smallest absolute Gasteiger partial charge is 0.333 e. The zero-order valence-corrected chi connectivity index (χ0v) is 11.3. The van der Waals surface area contributed by atoms with Crippen LogP contribution in [-0.4, -0.2) is 35.2 Å². The molecule has 2 rings (SSSR count). The molecule has 1 aliphatic heterocycles. The molecule has 0 saturated carbocycles. The van der Waals surface area contributed by atoms with Gasteiger partial charge in [-0.25, -0.2) is 9.80 Å². The normalized spacial score (nSPS) is 15.6. The zero-order valence-electron chi connectivity index (χ0n) is 11.3. The summed E-state index contributed by atoms with van der Waals surface area (Å²) in [5.74, 6) is -0.867. The quantitative estimate of drug-likeness (QED) is 0.784. The van der Waals surface area contributed by atoms with E-state index in [9.17, 15) is 9.59 Å². The van der Waals surface area contributed by atoms with Crippen LogP contribution in [-0.2, 0) is 11.2 Å². The Morgan fingerprint density at radius 2 is 1.75 bits per heavy atom. The largest absolute Gasteiger partial charge is 0.481 e. The highest BCUT2D eigenvalue weighted by atomic mass is 16.4. The van der Waals surface area contributed by atoms with Crippen molar-refractivity contribution < 1.29 is 14.7 Å². The molecule has 108 valence electrons. The number of urea groups is 1. The third-order valence-electron chi connectivity index (χ3n) is 3.18. The first kappa shape index (κ1) is 14.3. The van der Waals surface area contributed by atoms with E-state index in [4.69, 9.17) is 5.11 Å². The van der Waals surface area contributed by atoms with Gasteiger partial charge in [-0.2, -0.15) is 0 Å². The number of benzene rings is 1. The second kappa shape index (κ2) is 6.91. The number of hydrogen-bond acceptors (Lipinski definition) is 3. The van der Waals surface area contributed by atoms with Crippen LogP contribution >= 0.6 is 0 Å². The van der Waals surface area contributed by atoms with Gasteiger partial charge in [0.05, 0.1) is 6.42 Å². The van der Waals surface area contributed by atoms with Crippen molar-refractivity contribution in [1.29, 1.82) is 0 Å². The van der Waals surface area contributed by atoms with Crippen molar-refractivity contribution >= 4 is 17.7 Å². The first-order valence-corrected chi connectivity index (χ1v) is 6.77. The Morgan fingerprint density at radius 3 is 2.35 bits per heavy atom. The fraction of sp³-hybridized carbons (Fsp3) is 0.429. The van der Waals surface area contributed by atoms with E-state index in [0.717, 1.165) is 25.9 Å². The van der Waals surface area contributed by atoms with Crippen molar-refractivity contribution in [2.75, 3.05) is 18.4 Å². The van der Waals surface area contributed by atoms with Gasteiger partial charge < -0.3 is 10.4 Å². The summed E-state index contributed by atoms with van der Waals surface area (Å²) in [6.45, 7) is 1.76. The maximum Gasteiger partial charge on any atom is 0.333 e. The molecule has 0 aliphatic carbocycles. The SMILES string of the molecule is O=C(O)Cc1ccc(NC(=O)NN2CCCCC2)cc1. The minimum Gasteiger partial charge on any atom is -0.481 e. The minimum absolute atomic E-state index is 0.0136. The van der Waals surface area contributed by atoms with Crippen molar-refractivity contribution in [3.8, 4) is 0 Å². The van der Waals surface area contributed by atoms with Crippen molar-refractivity contribution in [2.24, 2.45) is 0 Å². The van der Waals surface area contributed by atoms with Crippen LogP contribution in [0.15, 0.2) is 24.3 Å². The van der Waals surface area contributed by atoms with E-state index in [1.54, 1.807) is 24.3 Å². The summed E-state index contributed by atoms with van der Waals surface area (Å²) >= 11 is 0. The Bertz CT molecular complexity index is 467. The number of aliphatic carboxylic acids is 1. The molecule has 1 fully saturated rings. The molecule has 0 aromatic heterocycles. The molecule has 20 heavy (non-hydrogen) atoms. The number of rotatable bonds is 4. The average molecular weight is 277 g/mol. The van der Waals surface area contributed by atoms with Crippen LogP contribution in [0, 0.1) is 0 Å². The number of carboxylic acids is 1. The van der Waals surface area contributed by atoms with E-state index < -0.39 is 5.97 Å². The lowest BCUT2D eigenvalue weighted by atomic mass is 10.1. The number of carboxylic acid groups (broad SMARTS) is 1. The summed E-state index contributed by atoms with van der Waals surface area (Å²) in [7, 11) is 0. The molecule has 3 N–H and O–H groups in total. The van der Waals surface area contributed by atoms with Crippen LogP contribution in [0.25, 0.3) is 0 Å². The van der Waals surface area contributed by atoms with Crippen molar-refractivity contribution in [1.82, 2.24) is 10.4 Å². The van der Waals surface area contributed by atoms with E-state index in [2.05, 4.69) is 10.7 Å². The van der Waals surface area contributed by atoms with Crippen molar-refractivity contribution in [3.05, 3.63) is 29.8 Å².